The molecule has 0 aromatic carbocycles. The molecule has 24 heavy (non-hydrogen) atoms. The Kier molecular flexibility index (Phi) is 3.95. The lowest BCUT2D eigenvalue weighted by Gasteiger charge is -2.11. The van der Waals surface area contributed by atoms with Crippen molar-refractivity contribution in [1.29, 1.82) is 0 Å². The second-order valence-corrected chi connectivity index (χ2v) is 6.66. The Labute approximate surface area is 146 Å². The Hall–Kier alpha value is -2.39. The molecule has 0 fully saturated rings. The summed E-state index contributed by atoms with van der Waals surface area (Å²) < 4.78 is 2.07. The molecule has 0 N–H and O–H groups in total. The van der Waals surface area contributed by atoms with Crippen LogP contribution in [0.3, 0.4) is 0 Å². The Morgan fingerprint density at radius 2 is 2.17 bits per heavy atom. The van der Waals surface area contributed by atoms with Crippen LogP contribution in [0.15, 0.2) is 71.9 Å². The van der Waals surface area contributed by atoms with Gasteiger partial charge in [0.25, 0.3) is 0 Å². The third-order valence-corrected chi connectivity index (χ3v) is 4.81. The van der Waals surface area contributed by atoms with Gasteiger partial charge >= 0.3 is 0 Å². The van der Waals surface area contributed by atoms with Crippen molar-refractivity contribution in [2.24, 2.45) is 7.05 Å². The van der Waals surface area contributed by atoms with Gasteiger partial charge in [0.15, 0.2) is 0 Å². The van der Waals surface area contributed by atoms with Crippen LogP contribution in [0.5, 0.6) is 0 Å². The van der Waals surface area contributed by atoms with Crippen molar-refractivity contribution in [2.75, 3.05) is 0 Å². The zero-order chi connectivity index (χ0) is 16.5. The minimum Gasteiger partial charge on any atom is -0.337 e. The molecule has 1 atom stereocenters. The molecule has 1 unspecified atom stereocenters. The summed E-state index contributed by atoms with van der Waals surface area (Å²) in [6, 6.07) is 4.13. The lowest BCUT2D eigenvalue weighted by Crippen LogP contribution is -2.00. The molecule has 4 rings (SSSR count). The zero-order valence-corrected chi connectivity index (χ0v) is 14.2. The number of hydrogen-bond acceptors (Lipinski definition) is 2. The zero-order valence-electron chi connectivity index (χ0n) is 13.5. The van der Waals surface area contributed by atoms with Crippen LogP contribution in [-0.4, -0.2) is 19.9 Å². The number of allylic oxidation sites excluding steroid dienone is 7. The normalized spacial score (nSPS) is 19.4. The van der Waals surface area contributed by atoms with Crippen LogP contribution in [0.1, 0.15) is 17.0 Å². The third kappa shape index (κ3) is 2.87. The molecule has 3 nitrogen and oxygen atoms in total. The summed E-state index contributed by atoms with van der Waals surface area (Å²) in [4.78, 5) is 8.83. The summed E-state index contributed by atoms with van der Waals surface area (Å²) in [6.45, 7) is 0. The van der Waals surface area contributed by atoms with Crippen LogP contribution in [0, 0.1) is 0 Å². The molecule has 0 aliphatic heterocycles. The molecular formula is C20H18ClN3. The molecule has 2 aromatic rings. The van der Waals surface area contributed by atoms with Gasteiger partial charge < -0.3 is 4.57 Å². The molecule has 0 radical (unpaired) electrons. The predicted octanol–water partition coefficient (Wildman–Crippen LogP) is 4.03. The van der Waals surface area contributed by atoms with E-state index < -0.39 is 0 Å². The number of pyridine rings is 1. The smallest absolute Gasteiger partial charge is 0.0945 e. The summed E-state index contributed by atoms with van der Waals surface area (Å²) in [5.41, 5.74) is 7.26. The first-order chi connectivity index (χ1) is 11.7. The lowest BCUT2D eigenvalue weighted by atomic mass is 9.95. The number of nitrogens with zero attached hydrogens (tertiary/aromatic N) is 3. The lowest BCUT2D eigenvalue weighted by molar-refractivity contribution is 0.843. The van der Waals surface area contributed by atoms with Gasteiger partial charge in [0, 0.05) is 38.0 Å². The average molecular weight is 336 g/mol. The minimum absolute atomic E-state index is 0.0712. The van der Waals surface area contributed by atoms with Crippen molar-refractivity contribution < 1.29 is 0 Å². The van der Waals surface area contributed by atoms with Crippen molar-refractivity contribution in [3.63, 3.8) is 0 Å². The molecular weight excluding hydrogens is 318 g/mol. The highest BCUT2D eigenvalue weighted by molar-refractivity contribution is 6.23. The van der Waals surface area contributed by atoms with E-state index in [0.717, 1.165) is 18.5 Å². The van der Waals surface area contributed by atoms with Crippen LogP contribution < -0.4 is 0 Å². The molecule has 0 spiro atoms. The van der Waals surface area contributed by atoms with E-state index in [9.17, 15) is 0 Å². The topological polar surface area (TPSA) is 30.7 Å². The number of aromatic nitrogens is 3. The fourth-order valence-corrected chi connectivity index (χ4v) is 3.34. The second-order valence-electron chi connectivity index (χ2n) is 6.16. The highest BCUT2D eigenvalue weighted by Gasteiger charge is 2.18. The number of alkyl halides is 1. The first-order valence-electron chi connectivity index (χ1n) is 8.04. The van der Waals surface area contributed by atoms with E-state index in [2.05, 4.69) is 38.8 Å². The van der Waals surface area contributed by atoms with Gasteiger partial charge in [0.05, 0.1) is 17.4 Å². The Morgan fingerprint density at radius 3 is 3.00 bits per heavy atom. The predicted molar refractivity (Wildman–Crippen MR) is 97.8 cm³/mol. The number of fused-ring (bicyclic) bond motifs is 1. The summed E-state index contributed by atoms with van der Waals surface area (Å²) in [6.07, 6.45) is 17.9. The Balaban J connectivity index is 1.85. The molecule has 0 saturated heterocycles. The van der Waals surface area contributed by atoms with E-state index in [4.69, 9.17) is 11.6 Å². The van der Waals surface area contributed by atoms with Crippen LogP contribution in [0.4, 0.5) is 0 Å². The summed E-state index contributed by atoms with van der Waals surface area (Å²) >= 11 is 6.29. The minimum atomic E-state index is -0.0712. The van der Waals surface area contributed by atoms with Gasteiger partial charge in [0.2, 0.25) is 0 Å². The largest absolute Gasteiger partial charge is 0.337 e. The third-order valence-electron chi connectivity index (χ3n) is 4.52. The molecule has 2 aliphatic rings. The second kappa shape index (κ2) is 6.25. The van der Waals surface area contributed by atoms with E-state index in [1.165, 1.54) is 28.0 Å². The fourth-order valence-electron chi connectivity index (χ4n) is 3.20. The van der Waals surface area contributed by atoms with E-state index in [1.54, 1.807) is 0 Å². The molecule has 0 bridgehead atoms. The molecule has 0 saturated carbocycles. The maximum absolute atomic E-state index is 6.29. The number of rotatable bonds is 2. The average Bonchev–Trinajstić information content (AvgIpc) is 2.80. The SMILES string of the molecule is Cn1cncc1CC1=Cc2cccnc2CC2=C1C=CC(Cl)C=C2. The van der Waals surface area contributed by atoms with E-state index in [-0.39, 0.29) is 5.38 Å². The molecule has 2 heterocycles. The quantitative estimate of drug-likeness (QED) is 0.776. The Bertz CT molecular complexity index is 899. The highest BCUT2D eigenvalue weighted by Crippen LogP contribution is 2.32. The van der Waals surface area contributed by atoms with E-state index >= 15 is 0 Å². The van der Waals surface area contributed by atoms with Crippen LogP contribution in [0.2, 0.25) is 0 Å². The molecule has 0 amide bonds. The monoisotopic (exact) mass is 335 g/mol. The maximum Gasteiger partial charge on any atom is 0.0945 e. The van der Waals surface area contributed by atoms with Crippen molar-refractivity contribution in [3.8, 4) is 0 Å². The fraction of sp³-hybridized carbons (Fsp3) is 0.200. The molecule has 2 aliphatic carbocycles. The maximum atomic E-state index is 6.29. The summed E-state index contributed by atoms with van der Waals surface area (Å²) in [7, 11) is 2.03. The van der Waals surface area contributed by atoms with E-state index in [0.29, 0.717) is 0 Å². The van der Waals surface area contributed by atoms with Crippen molar-refractivity contribution in [2.45, 2.75) is 18.2 Å². The standard InChI is InChI=1S/C20H18ClN3/c1-24-13-22-12-18(24)10-16-9-15-3-2-8-23-20(15)11-14-4-5-17(21)6-7-19(14)16/h2-9,12-13,17H,10-11H2,1H3. The van der Waals surface area contributed by atoms with Crippen LogP contribution in [0.25, 0.3) is 6.08 Å². The number of halogens is 1. The van der Waals surface area contributed by atoms with Gasteiger partial charge in [-0.2, -0.15) is 0 Å². The summed E-state index contributed by atoms with van der Waals surface area (Å²) in [5, 5.41) is -0.0712. The van der Waals surface area contributed by atoms with Gasteiger partial charge in [-0.3, -0.25) is 4.98 Å². The van der Waals surface area contributed by atoms with Crippen molar-refractivity contribution >= 4 is 17.7 Å². The van der Waals surface area contributed by atoms with Gasteiger partial charge in [-0.15, -0.1) is 11.6 Å². The number of imidazole rings is 1. The van der Waals surface area contributed by atoms with Crippen molar-refractivity contribution in [1.82, 2.24) is 14.5 Å². The van der Waals surface area contributed by atoms with E-state index in [1.807, 2.05) is 44.0 Å². The van der Waals surface area contributed by atoms with Crippen LogP contribution in [-0.2, 0) is 19.9 Å². The molecule has 2 aromatic heterocycles. The van der Waals surface area contributed by atoms with Gasteiger partial charge in [-0.1, -0.05) is 30.4 Å². The van der Waals surface area contributed by atoms with Gasteiger partial charge in [-0.05, 0) is 34.4 Å². The number of aryl methyl sites for hydroxylation is 1. The first kappa shape index (κ1) is 15.2. The molecule has 120 valence electrons. The first-order valence-corrected chi connectivity index (χ1v) is 8.48. The van der Waals surface area contributed by atoms with Crippen LogP contribution >= 0.6 is 11.6 Å². The van der Waals surface area contributed by atoms with Gasteiger partial charge in [0.1, 0.15) is 0 Å². The highest BCUT2D eigenvalue weighted by atomic mass is 35.5. The Morgan fingerprint density at radius 1 is 1.29 bits per heavy atom. The number of hydrogen-bond donors (Lipinski definition) is 0. The van der Waals surface area contributed by atoms with Crippen molar-refractivity contribution in [3.05, 3.63) is 88.8 Å². The van der Waals surface area contributed by atoms with Gasteiger partial charge in [-0.25, -0.2) is 4.98 Å². The summed E-state index contributed by atoms with van der Waals surface area (Å²) in [5.74, 6) is 0. The molecule has 4 heteroatoms.